The van der Waals surface area contributed by atoms with Crippen LogP contribution in [0.5, 0.6) is 0 Å². The van der Waals surface area contributed by atoms with Crippen molar-refractivity contribution >= 4 is 17.5 Å². The first-order valence-electron chi connectivity index (χ1n) is 8.79. The number of aromatic nitrogens is 2. The number of likely N-dealkylation sites (tertiary alicyclic amines) is 1. The van der Waals surface area contributed by atoms with Gasteiger partial charge in [0, 0.05) is 39.3 Å². The Kier molecular flexibility index (Phi) is 5.18. The first kappa shape index (κ1) is 17.7. The molecule has 2 aliphatic rings. The van der Waals surface area contributed by atoms with Crippen LogP contribution >= 0.6 is 11.6 Å². The van der Waals surface area contributed by atoms with Crippen molar-refractivity contribution in [3.63, 3.8) is 0 Å². The first-order valence-corrected chi connectivity index (χ1v) is 9.16. The van der Waals surface area contributed by atoms with Gasteiger partial charge < -0.3 is 9.80 Å². The topological polar surface area (TPSA) is 55.5 Å². The average molecular weight is 354 g/mol. The minimum absolute atomic E-state index is 0.216. The average Bonchev–Trinajstić information content (AvgIpc) is 2.95. The van der Waals surface area contributed by atoms with E-state index in [0.717, 1.165) is 75.1 Å². The van der Waals surface area contributed by atoms with Crippen LogP contribution < -0.4 is 0 Å². The van der Waals surface area contributed by atoms with Gasteiger partial charge in [0.25, 0.3) is 0 Å². The number of halogens is 1. The summed E-state index contributed by atoms with van der Waals surface area (Å²) in [6.07, 6.45) is 1.96. The molecule has 3 rings (SSSR count). The molecule has 3 heterocycles. The third-order valence-electron chi connectivity index (χ3n) is 5.37. The Labute approximate surface area is 149 Å². The standard InChI is InChI=1S/C17H28ClN5O/c1-13-15(18)14(20-19-13)11-22-6-4-7-23(10-9-22)16(24)17(2)5-8-21(3)12-17/h4-12H2,1-3H3,(H,19,20). The maximum absolute atomic E-state index is 13.0. The number of rotatable bonds is 3. The van der Waals surface area contributed by atoms with Crippen LogP contribution in [0.2, 0.25) is 5.02 Å². The zero-order chi connectivity index (χ0) is 17.3. The molecule has 0 bridgehead atoms. The lowest BCUT2D eigenvalue weighted by molar-refractivity contribution is -0.140. The number of aryl methyl sites for hydroxylation is 1. The molecular formula is C17H28ClN5O. The summed E-state index contributed by atoms with van der Waals surface area (Å²) < 4.78 is 0. The summed E-state index contributed by atoms with van der Waals surface area (Å²) >= 11 is 6.28. The van der Waals surface area contributed by atoms with Crippen molar-refractivity contribution < 1.29 is 4.79 Å². The zero-order valence-electron chi connectivity index (χ0n) is 14.9. The van der Waals surface area contributed by atoms with E-state index in [-0.39, 0.29) is 5.41 Å². The Bertz CT molecular complexity index is 604. The highest BCUT2D eigenvalue weighted by Crippen LogP contribution is 2.31. The van der Waals surface area contributed by atoms with Gasteiger partial charge in [0.1, 0.15) is 0 Å². The number of hydrogen-bond acceptors (Lipinski definition) is 4. The number of carbonyl (C=O) groups excluding carboxylic acids is 1. The van der Waals surface area contributed by atoms with Crippen molar-refractivity contribution in [2.75, 3.05) is 46.3 Å². The molecule has 7 heteroatoms. The highest BCUT2D eigenvalue weighted by Gasteiger charge is 2.41. The number of nitrogens with one attached hydrogen (secondary N) is 1. The number of amides is 1. The summed E-state index contributed by atoms with van der Waals surface area (Å²) in [5.41, 5.74) is 1.60. The summed E-state index contributed by atoms with van der Waals surface area (Å²) in [6, 6.07) is 0. The van der Waals surface area contributed by atoms with Crippen LogP contribution in [0.3, 0.4) is 0 Å². The van der Waals surface area contributed by atoms with Crippen LogP contribution in [0, 0.1) is 12.3 Å². The lowest BCUT2D eigenvalue weighted by Gasteiger charge is -2.31. The van der Waals surface area contributed by atoms with Gasteiger partial charge in [-0.1, -0.05) is 11.6 Å². The van der Waals surface area contributed by atoms with Crippen LogP contribution in [0.15, 0.2) is 0 Å². The number of carbonyl (C=O) groups is 1. The minimum atomic E-state index is -0.216. The number of nitrogens with zero attached hydrogens (tertiary/aromatic N) is 4. The van der Waals surface area contributed by atoms with Crippen molar-refractivity contribution in [2.45, 2.75) is 33.2 Å². The van der Waals surface area contributed by atoms with E-state index in [4.69, 9.17) is 11.6 Å². The second-order valence-corrected chi connectivity index (χ2v) is 7.96. The Hall–Kier alpha value is -1.11. The van der Waals surface area contributed by atoms with Crippen LogP contribution in [-0.2, 0) is 11.3 Å². The van der Waals surface area contributed by atoms with Crippen LogP contribution in [-0.4, -0.2) is 77.1 Å². The van der Waals surface area contributed by atoms with Gasteiger partial charge in [-0.2, -0.15) is 5.10 Å². The highest BCUT2D eigenvalue weighted by molar-refractivity contribution is 6.31. The van der Waals surface area contributed by atoms with Crippen molar-refractivity contribution in [2.24, 2.45) is 5.41 Å². The van der Waals surface area contributed by atoms with E-state index in [2.05, 4.69) is 38.9 Å². The number of H-pyrrole nitrogens is 1. The van der Waals surface area contributed by atoms with Gasteiger partial charge in [-0.15, -0.1) is 0 Å². The monoisotopic (exact) mass is 353 g/mol. The lowest BCUT2D eigenvalue weighted by Crippen LogP contribution is -2.45. The molecule has 0 aliphatic carbocycles. The quantitative estimate of drug-likeness (QED) is 0.899. The number of aromatic amines is 1. The Balaban J connectivity index is 1.59. The fourth-order valence-corrected chi connectivity index (χ4v) is 4.01. The lowest BCUT2D eigenvalue weighted by atomic mass is 9.88. The third kappa shape index (κ3) is 3.60. The fraction of sp³-hybridized carbons (Fsp3) is 0.765. The van der Waals surface area contributed by atoms with Gasteiger partial charge in [0.15, 0.2) is 0 Å². The molecule has 0 aromatic carbocycles. The summed E-state index contributed by atoms with van der Waals surface area (Å²) in [4.78, 5) is 19.7. The predicted molar refractivity (Wildman–Crippen MR) is 95.0 cm³/mol. The second-order valence-electron chi connectivity index (χ2n) is 7.58. The van der Waals surface area contributed by atoms with Gasteiger partial charge in [-0.05, 0) is 40.3 Å². The van der Waals surface area contributed by atoms with E-state index in [1.54, 1.807) is 0 Å². The largest absolute Gasteiger partial charge is 0.341 e. The molecule has 134 valence electrons. The van der Waals surface area contributed by atoms with Gasteiger partial charge in [-0.25, -0.2) is 0 Å². The number of hydrogen-bond donors (Lipinski definition) is 1. The normalized spacial score (nSPS) is 26.8. The van der Waals surface area contributed by atoms with Gasteiger partial charge in [0.05, 0.1) is 21.8 Å². The SMILES string of the molecule is Cc1[nH]nc(CN2CCCN(C(=O)C3(C)CCN(C)C3)CC2)c1Cl. The van der Waals surface area contributed by atoms with Gasteiger partial charge in [0.2, 0.25) is 5.91 Å². The van der Waals surface area contributed by atoms with E-state index in [9.17, 15) is 4.79 Å². The molecule has 0 spiro atoms. The van der Waals surface area contributed by atoms with Crippen LogP contribution in [0.25, 0.3) is 0 Å². The van der Waals surface area contributed by atoms with Crippen molar-refractivity contribution in [1.29, 1.82) is 0 Å². The summed E-state index contributed by atoms with van der Waals surface area (Å²) in [5.74, 6) is 0.322. The molecule has 2 saturated heterocycles. The Morgan fingerprint density at radius 1 is 1.29 bits per heavy atom. The zero-order valence-corrected chi connectivity index (χ0v) is 15.7. The van der Waals surface area contributed by atoms with E-state index < -0.39 is 0 Å². The molecule has 0 saturated carbocycles. The molecule has 1 amide bonds. The van der Waals surface area contributed by atoms with E-state index in [1.807, 2.05) is 6.92 Å². The predicted octanol–water partition coefficient (Wildman–Crippen LogP) is 1.75. The van der Waals surface area contributed by atoms with Gasteiger partial charge in [-0.3, -0.25) is 14.8 Å². The highest BCUT2D eigenvalue weighted by atomic mass is 35.5. The minimum Gasteiger partial charge on any atom is -0.341 e. The molecule has 24 heavy (non-hydrogen) atoms. The molecule has 6 nitrogen and oxygen atoms in total. The Morgan fingerprint density at radius 2 is 2.08 bits per heavy atom. The molecular weight excluding hydrogens is 326 g/mol. The van der Waals surface area contributed by atoms with Crippen LogP contribution in [0.4, 0.5) is 0 Å². The Morgan fingerprint density at radius 3 is 2.71 bits per heavy atom. The summed E-state index contributed by atoms with van der Waals surface area (Å²) in [5, 5.41) is 7.96. The second kappa shape index (κ2) is 7.02. The molecule has 2 fully saturated rings. The summed E-state index contributed by atoms with van der Waals surface area (Å²) in [6.45, 7) is 10.2. The molecule has 2 aliphatic heterocycles. The maximum Gasteiger partial charge on any atom is 0.229 e. The van der Waals surface area contributed by atoms with Crippen LogP contribution in [0.1, 0.15) is 31.2 Å². The van der Waals surface area contributed by atoms with Crippen molar-refractivity contribution in [3.8, 4) is 0 Å². The molecule has 1 aromatic rings. The third-order valence-corrected chi connectivity index (χ3v) is 5.87. The molecule has 1 aromatic heterocycles. The maximum atomic E-state index is 13.0. The molecule has 1 atom stereocenters. The first-order chi connectivity index (χ1) is 11.4. The fourth-order valence-electron chi connectivity index (χ4n) is 3.86. The summed E-state index contributed by atoms with van der Waals surface area (Å²) in [7, 11) is 2.10. The van der Waals surface area contributed by atoms with Crippen molar-refractivity contribution in [1.82, 2.24) is 24.9 Å². The smallest absolute Gasteiger partial charge is 0.229 e. The van der Waals surface area contributed by atoms with E-state index in [1.165, 1.54) is 0 Å². The van der Waals surface area contributed by atoms with Gasteiger partial charge >= 0.3 is 0 Å². The molecule has 0 radical (unpaired) electrons. The van der Waals surface area contributed by atoms with E-state index in [0.29, 0.717) is 5.91 Å². The molecule has 1 unspecified atom stereocenters. The molecule has 1 N–H and O–H groups in total. The van der Waals surface area contributed by atoms with Crippen molar-refractivity contribution in [3.05, 3.63) is 16.4 Å². The van der Waals surface area contributed by atoms with E-state index >= 15 is 0 Å².